The van der Waals surface area contributed by atoms with E-state index in [0.717, 1.165) is 12.8 Å². The molecule has 1 aliphatic rings. The molecular formula is C11H11ClN8. The van der Waals surface area contributed by atoms with Crippen LogP contribution in [0.5, 0.6) is 0 Å². The fourth-order valence-corrected chi connectivity index (χ4v) is 2.03. The number of anilines is 1. The highest BCUT2D eigenvalue weighted by Gasteiger charge is 2.31. The van der Waals surface area contributed by atoms with Gasteiger partial charge in [-0.05, 0) is 24.4 Å². The summed E-state index contributed by atoms with van der Waals surface area (Å²) in [5.41, 5.74) is 0. The van der Waals surface area contributed by atoms with Gasteiger partial charge < -0.3 is 4.90 Å². The van der Waals surface area contributed by atoms with Crippen LogP contribution in [0.1, 0.15) is 19.3 Å². The van der Waals surface area contributed by atoms with Crippen molar-refractivity contribution in [2.75, 3.05) is 11.4 Å². The van der Waals surface area contributed by atoms with Gasteiger partial charge in [-0.1, -0.05) is 0 Å². The molecule has 3 rings (SSSR count). The Morgan fingerprint density at radius 2 is 2.25 bits per heavy atom. The summed E-state index contributed by atoms with van der Waals surface area (Å²) in [7, 11) is 0. The van der Waals surface area contributed by atoms with Crippen LogP contribution in [0.4, 0.5) is 5.95 Å². The van der Waals surface area contributed by atoms with E-state index in [1.54, 1.807) is 0 Å². The molecule has 8 nitrogen and oxygen atoms in total. The van der Waals surface area contributed by atoms with E-state index in [2.05, 4.69) is 31.1 Å². The Hall–Kier alpha value is -2.27. The van der Waals surface area contributed by atoms with Gasteiger partial charge >= 0.3 is 0 Å². The number of aromatic nitrogens is 6. The lowest BCUT2D eigenvalue weighted by molar-refractivity contribution is 0.730. The molecule has 0 atom stereocenters. The first-order chi connectivity index (χ1) is 9.78. The molecule has 0 bridgehead atoms. The summed E-state index contributed by atoms with van der Waals surface area (Å²) in [6, 6.07) is 2.51. The van der Waals surface area contributed by atoms with Crippen LogP contribution in [0.2, 0.25) is 5.28 Å². The molecular weight excluding hydrogens is 280 g/mol. The zero-order valence-electron chi connectivity index (χ0n) is 10.5. The van der Waals surface area contributed by atoms with Crippen LogP contribution in [-0.2, 0) is 0 Å². The Labute approximate surface area is 120 Å². The smallest absolute Gasteiger partial charge is 0.258 e. The monoisotopic (exact) mass is 290 g/mol. The molecule has 0 saturated heterocycles. The van der Waals surface area contributed by atoms with E-state index in [-0.39, 0.29) is 5.28 Å². The predicted octanol–water partition coefficient (Wildman–Crippen LogP) is 0.988. The largest absolute Gasteiger partial charge is 0.337 e. The Bertz CT molecular complexity index is 630. The molecule has 2 aromatic rings. The van der Waals surface area contributed by atoms with Gasteiger partial charge in [-0.2, -0.15) is 30.0 Å². The first-order valence-corrected chi connectivity index (χ1v) is 6.56. The van der Waals surface area contributed by atoms with Crippen molar-refractivity contribution < 1.29 is 0 Å². The maximum Gasteiger partial charge on any atom is 0.258 e. The summed E-state index contributed by atoms with van der Waals surface area (Å²) in [4.78, 5) is 18.4. The van der Waals surface area contributed by atoms with Gasteiger partial charge in [0.1, 0.15) is 12.7 Å². The summed E-state index contributed by atoms with van der Waals surface area (Å²) in [5, 5.41) is 12.8. The molecule has 1 fully saturated rings. The highest BCUT2D eigenvalue weighted by Crippen LogP contribution is 2.30. The van der Waals surface area contributed by atoms with Crippen LogP contribution in [-0.4, -0.2) is 42.3 Å². The van der Waals surface area contributed by atoms with Crippen LogP contribution >= 0.6 is 11.6 Å². The van der Waals surface area contributed by atoms with Gasteiger partial charge in [0.15, 0.2) is 0 Å². The van der Waals surface area contributed by atoms with E-state index < -0.39 is 0 Å². The standard InChI is InChI=1S/C11H11ClN8/c12-9-16-10(19(5-1-4-13)8-2-3-8)18-11(17-9)20-7-14-6-15-20/h6-8H,1-3,5H2. The first kappa shape index (κ1) is 12.7. The SMILES string of the molecule is N#CCCN(c1nc(Cl)nc(-n2cncn2)n1)C1CC1. The van der Waals surface area contributed by atoms with E-state index in [0.29, 0.717) is 30.9 Å². The summed E-state index contributed by atoms with van der Waals surface area (Å²) in [5.74, 6) is 0.799. The normalized spacial score (nSPS) is 14.0. The van der Waals surface area contributed by atoms with Gasteiger partial charge in [-0.25, -0.2) is 4.98 Å². The molecule has 0 radical (unpaired) electrons. The molecule has 1 aliphatic carbocycles. The van der Waals surface area contributed by atoms with Crippen LogP contribution in [0.15, 0.2) is 12.7 Å². The number of hydrogen-bond donors (Lipinski definition) is 0. The molecule has 0 spiro atoms. The van der Waals surface area contributed by atoms with Crippen LogP contribution in [0, 0.1) is 11.3 Å². The number of nitrogens with zero attached hydrogens (tertiary/aromatic N) is 8. The van der Waals surface area contributed by atoms with Gasteiger partial charge in [0.05, 0.1) is 12.5 Å². The molecule has 102 valence electrons. The lowest BCUT2D eigenvalue weighted by Crippen LogP contribution is -2.29. The Kier molecular flexibility index (Phi) is 3.43. The number of nitriles is 1. The summed E-state index contributed by atoms with van der Waals surface area (Å²) >= 11 is 5.95. The fraction of sp³-hybridized carbons (Fsp3) is 0.455. The third-order valence-electron chi connectivity index (χ3n) is 2.92. The van der Waals surface area contributed by atoms with Crippen LogP contribution < -0.4 is 4.90 Å². The fourth-order valence-electron chi connectivity index (χ4n) is 1.87. The number of halogens is 1. The molecule has 0 N–H and O–H groups in total. The van der Waals surface area contributed by atoms with Crippen molar-refractivity contribution in [2.45, 2.75) is 25.3 Å². The van der Waals surface area contributed by atoms with Crippen molar-refractivity contribution in [3.8, 4) is 12.0 Å². The molecule has 2 aromatic heterocycles. The third-order valence-corrected chi connectivity index (χ3v) is 3.09. The molecule has 0 unspecified atom stereocenters. The Balaban J connectivity index is 1.93. The van der Waals surface area contributed by atoms with Crippen molar-refractivity contribution in [1.82, 2.24) is 29.7 Å². The molecule has 0 aliphatic heterocycles. The van der Waals surface area contributed by atoms with Gasteiger partial charge in [-0.3, -0.25) is 0 Å². The van der Waals surface area contributed by atoms with E-state index in [1.807, 2.05) is 4.90 Å². The van der Waals surface area contributed by atoms with E-state index >= 15 is 0 Å². The Morgan fingerprint density at radius 3 is 2.90 bits per heavy atom. The topological polar surface area (TPSA) is 96.4 Å². The molecule has 9 heteroatoms. The van der Waals surface area contributed by atoms with Crippen molar-refractivity contribution in [3.63, 3.8) is 0 Å². The van der Waals surface area contributed by atoms with Crippen LogP contribution in [0.25, 0.3) is 5.95 Å². The molecule has 1 saturated carbocycles. The second-order valence-corrected chi connectivity index (χ2v) is 4.72. The van der Waals surface area contributed by atoms with Crippen molar-refractivity contribution in [1.29, 1.82) is 5.26 Å². The summed E-state index contributed by atoms with van der Waals surface area (Å²) in [6.45, 7) is 0.582. The summed E-state index contributed by atoms with van der Waals surface area (Å²) in [6.07, 6.45) is 5.46. The quantitative estimate of drug-likeness (QED) is 0.810. The second kappa shape index (κ2) is 5.38. The average Bonchev–Trinajstić information content (AvgIpc) is 3.12. The van der Waals surface area contributed by atoms with Gasteiger partial charge in [0, 0.05) is 12.6 Å². The molecule has 2 heterocycles. The Morgan fingerprint density at radius 1 is 1.40 bits per heavy atom. The maximum atomic E-state index is 8.75. The number of hydrogen-bond acceptors (Lipinski definition) is 7. The molecule has 0 amide bonds. The molecule has 20 heavy (non-hydrogen) atoms. The van der Waals surface area contributed by atoms with Gasteiger partial charge in [0.2, 0.25) is 11.2 Å². The predicted molar refractivity (Wildman–Crippen MR) is 70.4 cm³/mol. The highest BCUT2D eigenvalue weighted by atomic mass is 35.5. The third kappa shape index (κ3) is 2.67. The molecule has 0 aromatic carbocycles. The van der Waals surface area contributed by atoms with E-state index in [4.69, 9.17) is 16.9 Å². The number of rotatable bonds is 5. The second-order valence-electron chi connectivity index (χ2n) is 4.38. The van der Waals surface area contributed by atoms with Crippen LogP contribution in [0.3, 0.4) is 0 Å². The van der Waals surface area contributed by atoms with Crippen molar-refractivity contribution in [3.05, 3.63) is 17.9 Å². The minimum atomic E-state index is 0.100. The first-order valence-electron chi connectivity index (χ1n) is 6.18. The minimum absolute atomic E-state index is 0.100. The zero-order valence-corrected chi connectivity index (χ0v) is 11.3. The van der Waals surface area contributed by atoms with Gasteiger partial charge in [0.25, 0.3) is 5.95 Å². The van der Waals surface area contributed by atoms with Crippen molar-refractivity contribution in [2.24, 2.45) is 0 Å². The van der Waals surface area contributed by atoms with Crippen molar-refractivity contribution >= 4 is 17.5 Å². The zero-order chi connectivity index (χ0) is 13.9. The lowest BCUT2D eigenvalue weighted by atomic mass is 10.4. The summed E-state index contributed by atoms with van der Waals surface area (Å²) < 4.78 is 1.42. The van der Waals surface area contributed by atoms with E-state index in [9.17, 15) is 0 Å². The highest BCUT2D eigenvalue weighted by molar-refractivity contribution is 6.28. The van der Waals surface area contributed by atoms with Gasteiger partial charge in [-0.15, -0.1) is 0 Å². The lowest BCUT2D eigenvalue weighted by Gasteiger charge is -2.21. The average molecular weight is 291 g/mol. The maximum absolute atomic E-state index is 8.75. The minimum Gasteiger partial charge on any atom is -0.337 e. The van der Waals surface area contributed by atoms with E-state index in [1.165, 1.54) is 17.3 Å².